The van der Waals surface area contributed by atoms with E-state index in [0.717, 1.165) is 20.9 Å². The van der Waals surface area contributed by atoms with Crippen molar-refractivity contribution in [3.63, 3.8) is 0 Å². The normalized spacial score (nSPS) is 17.4. The summed E-state index contributed by atoms with van der Waals surface area (Å²) >= 11 is 1.49. The number of likely N-dealkylation sites (tertiary alicyclic amines) is 1. The number of nitrogens with two attached hydrogens (primary N) is 1. The zero-order valence-corrected chi connectivity index (χ0v) is 20.5. The number of halogens is 3. The molecule has 4 rings (SSSR count). The molecule has 35 heavy (non-hydrogen) atoms. The van der Waals surface area contributed by atoms with E-state index in [1.807, 2.05) is 13.8 Å². The molecule has 0 aliphatic carbocycles. The van der Waals surface area contributed by atoms with E-state index in [9.17, 15) is 18.0 Å². The molecule has 0 spiro atoms. The minimum absolute atomic E-state index is 0.148. The number of benzene rings is 1. The van der Waals surface area contributed by atoms with Crippen molar-refractivity contribution < 1.29 is 22.7 Å². The minimum atomic E-state index is -4.45. The summed E-state index contributed by atoms with van der Waals surface area (Å²) in [5, 5.41) is 4.15. The number of pyridine rings is 1. The number of carbonyl (C=O) groups excluding carboxylic acids is 1. The Morgan fingerprint density at radius 3 is 2.49 bits per heavy atom. The molecule has 3 heterocycles. The molecule has 0 unspecified atom stereocenters. The molecular formula is C24H28F3N5O2S. The number of methoxy groups -OCH3 is 1. The quantitative estimate of drug-likeness (QED) is 0.454. The van der Waals surface area contributed by atoms with Crippen LogP contribution < -0.4 is 11.1 Å². The third-order valence-electron chi connectivity index (χ3n) is 6.45. The molecule has 0 bridgehead atoms. The number of aryl methyl sites for hydroxylation is 1. The van der Waals surface area contributed by atoms with Crippen molar-refractivity contribution >= 4 is 39.0 Å². The summed E-state index contributed by atoms with van der Waals surface area (Å²) in [6.45, 7) is 4.14. The number of hydrogen-bond donors (Lipinski definition) is 2. The molecule has 188 valence electrons. The third-order valence-corrected chi connectivity index (χ3v) is 7.32. The fourth-order valence-electron chi connectivity index (χ4n) is 4.58. The van der Waals surface area contributed by atoms with Gasteiger partial charge < -0.3 is 15.8 Å². The fraction of sp³-hybridized carbons (Fsp3) is 0.458. The van der Waals surface area contributed by atoms with E-state index in [4.69, 9.17) is 10.5 Å². The van der Waals surface area contributed by atoms with Crippen LogP contribution in [0.5, 0.6) is 0 Å². The first kappa shape index (κ1) is 25.3. The largest absolute Gasteiger partial charge is 0.408 e. The molecule has 11 heteroatoms. The van der Waals surface area contributed by atoms with Crippen molar-refractivity contribution in [3.05, 3.63) is 46.6 Å². The molecule has 1 amide bonds. The lowest BCUT2D eigenvalue weighted by molar-refractivity contribution is -0.189. The van der Waals surface area contributed by atoms with E-state index < -0.39 is 18.1 Å². The van der Waals surface area contributed by atoms with Gasteiger partial charge in [-0.1, -0.05) is 23.5 Å². The Morgan fingerprint density at radius 1 is 1.26 bits per heavy atom. The zero-order valence-electron chi connectivity index (χ0n) is 19.7. The van der Waals surface area contributed by atoms with Gasteiger partial charge in [0, 0.05) is 24.3 Å². The Kier molecular flexibility index (Phi) is 7.30. The lowest BCUT2D eigenvalue weighted by Gasteiger charge is -2.37. The Labute approximate surface area is 205 Å². The molecule has 3 aromatic rings. The van der Waals surface area contributed by atoms with Crippen molar-refractivity contribution in [2.75, 3.05) is 25.5 Å². The van der Waals surface area contributed by atoms with Crippen LogP contribution in [-0.2, 0) is 9.53 Å². The van der Waals surface area contributed by atoms with E-state index in [1.165, 1.54) is 28.4 Å². The van der Waals surface area contributed by atoms with Crippen LogP contribution in [0.15, 0.2) is 30.5 Å². The monoisotopic (exact) mass is 507 g/mol. The van der Waals surface area contributed by atoms with Crippen LogP contribution in [-0.4, -0.2) is 47.2 Å². The van der Waals surface area contributed by atoms with E-state index in [-0.39, 0.29) is 30.7 Å². The summed E-state index contributed by atoms with van der Waals surface area (Å²) in [6, 6.07) is 4.48. The Bertz CT molecular complexity index is 1190. The van der Waals surface area contributed by atoms with Gasteiger partial charge in [0.1, 0.15) is 16.4 Å². The molecule has 7 nitrogen and oxygen atoms in total. The predicted molar refractivity (Wildman–Crippen MR) is 130 cm³/mol. The lowest BCUT2D eigenvalue weighted by atomic mass is 9.93. The second-order valence-electron chi connectivity index (χ2n) is 8.75. The number of nitrogens with zero attached hydrogens (tertiary/aromatic N) is 3. The van der Waals surface area contributed by atoms with Crippen molar-refractivity contribution in [1.82, 2.24) is 14.9 Å². The van der Waals surface area contributed by atoms with Gasteiger partial charge in [-0.05, 0) is 57.5 Å². The fourth-order valence-corrected chi connectivity index (χ4v) is 5.36. The van der Waals surface area contributed by atoms with Gasteiger partial charge in [-0.2, -0.15) is 13.2 Å². The molecule has 3 N–H and O–H groups in total. The first-order chi connectivity index (χ1) is 16.6. The van der Waals surface area contributed by atoms with Gasteiger partial charge in [0.15, 0.2) is 0 Å². The maximum Gasteiger partial charge on any atom is 0.408 e. The number of alkyl halides is 3. The number of amides is 1. The molecule has 0 saturated carbocycles. The minimum Gasteiger partial charge on any atom is -0.377 e. The molecule has 0 radical (unpaired) electrons. The predicted octanol–water partition coefficient (Wildman–Crippen LogP) is 5.25. The summed E-state index contributed by atoms with van der Waals surface area (Å²) < 4.78 is 47.7. The van der Waals surface area contributed by atoms with Gasteiger partial charge in [0.25, 0.3) is 0 Å². The van der Waals surface area contributed by atoms with Crippen LogP contribution in [0.3, 0.4) is 0 Å². The van der Waals surface area contributed by atoms with Crippen molar-refractivity contribution in [2.45, 2.75) is 45.0 Å². The number of rotatable bonds is 7. The Hall–Kier alpha value is -2.76. The highest BCUT2D eigenvalue weighted by Gasteiger charge is 2.45. The number of ether oxygens (including phenoxy) is 1. The van der Waals surface area contributed by atoms with Gasteiger partial charge in [-0.15, -0.1) is 0 Å². The van der Waals surface area contributed by atoms with Gasteiger partial charge in [0.05, 0.1) is 23.0 Å². The van der Waals surface area contributed by atoms with Crippen LogP contribution in [0.25, 0.3) is 10.3 Å². The number of nitrogens with one attached hydrogen (secondary N) is 1. The highest BCUT2D eigenvalue weighted by molar-refractivity contribution is 7.18. The van der Waals surface area contributed by atoms with Crippen LogP contribution in [0.2, 0.25) is 0 Å². The number of fused-ring (bicyclic) bond motifs is 1. The van der Waals surface area contributed by atoms with Gasteiger partial charge in [-0.3, -0.25) is 9.69 Å². The average molecular weight is 508 g/mol. The maximum atomic E-state index is 14.0. The van der Waals surface area contributed by atoms with Gasteiger partial charge in [0.2, 0.25) is 5.91 Å². The number of anilines is 2. The smallest absolute Gasteiger partial charge is 0.377 e. The highest BCUT2D eigenvalue weighted by Crippen LogP contribution is 2.40. The van der Waals surface area contributed by atoms with Gasteiger partial charge >= 0.3 is 6.18 Å². The van der Waals surface area contributed by atoms with Crippen LogP contribution >= 0.6 is 11.3 Å². The van der Waals surface area contributed by atoms with E-state index in [1.54, 1.807) is 25.4 Å². The molecule has 1 aromatic carbocycles. The third kappa shape index (κ3) is 5.41. The summed E-state index contributed by atoms with van der Waals surface area (Å²) in [5.41, 5.74) is 8.39. The maximum absolute atomic E-state index is 14.0. The molecule has 2 aromatic heterocycles. The number of aromatic nitrogens is 2. The second-order valence-corrected chi connectivity index (χ2v) is 9.94. The number of hydrogen-bond acceptors (Lipinski definition) is 7. The van der Waals surface area contributed by atoms with Crippen molar-refractivity contribution in [2.24, 2.45) is 11.7 Å². The number of thiazole rings is 1. The van der Waals surface area contributed by atoms with Gasteiger partial charge in [-0.25, -0.2) is 9.97 Å². The Morgan fingerprint density at radius 2 is 1.91 bits per heavy atom. The van der Waals surface area contributed by atoms with E-state index >= 15 is 0 Å². The molecular weight excluding hydrogens is 479 g/mol. The van der Waals surface area contributed by atoms with Crippen LogP contribution in [0.1, 0.15) is 48.0 Å². The highest BCUT2D eigenvalue weighted by atomic mass is 32.1. The topological polar surface area (TPSA) is 93.4 Å². The van der Waals surface area contributed by atoms with Crippen LogP contribution in [0.4, 0.5) is 24.5 Å². The van der Waals surface area contributed by atoms with Crippen molar-refractivity contribution in [3.8, 4) is 0 Å². The standard InChI is InChI=1S/C24H28F3N5O2S/c1-13(34-3)19-18(12-29-23-20(19)30-14(2)35-23)31-17-6-4-15(5-7-17)21(24(25,26)27)32-10-8-16(9-11-32)22(28)33/h4-7,12-13,16,21,31H,8-11H2,1-3H3,(H2,28,33)/t13-,21+/m1/s1. The number of carbonyl (C=O) groups is 1. The number of primary amides is 1. The summed E-state index contributed by atoms with van der Waals surface area (Å²) in [6.07, 6.45) is -2.37. The lowest BCUT2D eigenvalue weighted by Crippen LogP contribution is -2.45. The van der Waals surface area contributed by atoms with Crippen LogP contribution in [0, 0.1) is 12.8 Å². The van der Waals surface area contributed by atoms with E-state index in [2.05, 4.69) is 15.3 Å². The first-order valence-corrected chi connectivity index (χ1v) is 12.2. The molecule has 1 aliphatic heterocycles. The average Bonchev–Trinajstić information content (AvgIpc) is 3.19. The van der Waals surface area contributed by atoms with E-state index in [0.29, 0.717) is 24.2 Å². The number of piperidine rings is 1. The SMILES string of the molecule is CO[C@H](C)c1c(Nc2ccc([C@H](N3CCC(C(N)=O)CC3)C(F)(F)F)cc2)cnc2sc(C)nc12. The summed E-state index contributed by atoms with van der Waals surface area (Å²) in [4.78, 5) is 22.7. The van der Waals surface area contributed by atoms with Crippen molar-refractivity contribution in [1.29, 1.82) is 0 Å². The summed E-state index contributed by atoms with van der Waals surface area (Å²) in [5.74, 6) is -0.825. The molecule has 1 fully saturated rings. The molecule has 1 saturated heterocycles. The second kappa shape index (κ2) is 10.1. The first-order valence-electron chi connectivity index (χ1n) is 11.3. The summed E-state index contributed by atoms with van der Waals surface area (Å²) in [7, 11) is 1.61. The Balaban J connectivity index is 1.59. The molecule has 2 atom stereocenters. The molecule has 1 aliphatic rings. The zero-order chi connectivity index (χ0) is 25.3.